The van der Waals surface area contributed by atoms with E-state index in [4.69, 9.17) is 9.73 Å². The van der Waals surface area contributed by atoms with E-state index in [1.165, 1.54) is 18.4 Å². The predicted molar refractivity (Wildman–Crippen MR) is 127 cm³/mol. The fourth-order valence-electron chi connectivity index (χ4n) is 4.16. The van der Waals surface area contributed by atoms with E-state index in [0.717, 1.165) is 43.5 Å². The highest BCUT2D eigenvalue weighted by atomic mass is 16.5. The molecule has 1 heterocycles. The number of aliphatic imine (C=N–C) groups is 1. The SMILES string of the molecule is CCNC(=NCC(CO)c1ccccc1)NCC(c1ccccc1OC)N1CCCC1. The van der Waals surface area contributed by atoms with Crippen molar-refractivity contribution < 1.29 is 9.84 Å². The van der Waals surface area contributed by atoms with E-state index in [0.29, 0.717) is 6.54 Å². The van der Waals surface area contributed by atoms with Gasteiger partial charge in [0.2, 0.25) is 0 Å². The average molecular weight is 425 g/mol. The summed E-state index contributed by atoms with van der Waals surface area (Å²) in [6, 6.07) is 18.6. The van der Waals surface area contributed by atoms with Crippen LogP contribution in [0.1, 0.15) is 42.9 Å². The summed E-state index contributed by atoms with van der Waals surface area (Å²) in [4.78, 5) is 7.30. The van der Waals surface area contributed by atoms with Crippen LogP contribution < -0.4 is 15.4 Å². The minimum absolute atomic E-state index is 0.0137. The van der Waals surface area contributed by atoms with E-state index in [1.807, 2.05) is 42.5 Å². The molecule has 2 aromatic carbocycles. The molecule has 2 atom stereocenters. The minimum atomic E-state index is -0.0137. The third-order valence-corrected chi connectivity index (χ3v) is 5.85. The zero-order valence-electron chi connectivity index (χ0n) is 18.8. The zero-order chi connectivity index (χ0) is 21.9. The highest BCUT2D eigenvalue weighted by Crippen LogP contribution is 2.31. The molecule has 0 bridgehead atoms. The van der Waals surface area contributed by atoms with E-state index in [9.17, 15) is 5.11 Å². The van der Waals surface area contributed by atoms with Crippen LogP contribution in [0.4, 0.5) is 0 Å². The summed E-state index contributed by atoms with van der Waals surface area (Å²) in [5.74, 6) is 1.68. The number of ether oxygens (including phenoxy) is 1. The van der Waals surface area contributed by atoms with Gasteiger partial charge in [-0.3, -0.25) is 9.89 Å². The van der Waals surface area contributed by atoms with Gasteiger partial charge in [0.25, 0.3) is 0 Å². The first-order chi connectivity index (χ1) is 15.3. The molecule has 1 fully saturated rings. The van der Waals surface area contributed by atoms with Crippen LogP contribution in [-0.4, -0.2) is 62.4 Å². The third kappa shape index (κ3) is 6.45. The van der Waals surface area contributed by atoms with Crippen LogP contribution >= 0.6 is 0 Å². The lowest BCUT2D eigenvalue weighted by atomic mass is 10.0. The van der Waals surface area contributed by atoms with Crippen LogP contribution in [0.15, 0.2) is 59.6 Å². The van der Waals surface area contributed by atoms with Gasteiger partial charge >= 0.3 is 0 Å². The maximum atomic E-state index is 9.86. The molecule has 6 heteroatoms. The second-order valence-electron chi connectivity index (χ2n) is 7.89. The molecule has 168 valence electrons. The van der Waals surface area contributed by atoms with Crippen molar-refractivity contribution >= 4 is 5.96 Å². The number of rotatable bonds is 10. The van der Waals surface area contributed by atoms with E-state index >= 15 is 0 Å². The van der Waals surface area contributed by atoms with Crippen LogP contribution in [0, 0.1) is 0 Å². The number of hydrogen-bond acceptors (Lipinski definition) is 4. The van der Waals surface area contributed by atoms with Gasteiger partial charge in [-0.1, -0.05) is 48.5 Å². The van der Waals surface area contributed by atoms with Gasteiger partial charge in [0.15, 0.2) is 5.96 Å². The monoisotopic (exact) mass is 424 g/mol. The molecule has 0 aromatic heterocycles. The molecule has 1 aliphatic heterocycles. The van der Waals surface area contributed by atoms with Crippen molar-refractivity contribution in [1.82, 2.24) is 15.5 Å². The molecule has 0 radical (unpaired) electrons. The molecule has 1 saturated heterocycles. The van der Waals surface area contributed by atoms with Crippen molar-refractivity contribution in [3.63, 3.8) is 0 Å². The lowest BCUT2D eigenvalue weighted by molar-refractivity contribution is 0.239. The number of para-hydroxylation sites is 1. The first-order valence-corrected chi connectivity index (χ1v) is 11.3. The Morgan fingerprint density at radius 3 is 2.45 bits per heavy atom. The van der Waals surface area contributed by atoms with Gasteiger partial charge in [-0.05, 0) is 44.5 Å². The molecular formula is C25H36N4O2. The summed E-state index contributed by atoms with van der Waals surface area (Å²) in [6.07, 6.45) is 2.46. The van der Waals surface area contributed by atoms with E-state index in [2.05, 4.69) is 34.6 Å². The summed E-state index contributed by atoms with van der Waals surface area (Å²) in [6.45, 7) is 6.38. The largest absolute Gasteiger partial charge is 0.496 e. The summed E-state index contributed by atoms with van der Waals surface area (Å²) < 4.78 is 5.65. The van der Waals surface area contributed by atoms with E-state index in [1.54, 1.807) is 7.11 Å². The molecule has 31 heavy (non-hydrogen) atoms. The number of guanidine groups is 1. The predicted octanol–water partition coefficient (Wildman–Crippen LogP) is 3.16. The molecule has 0 aliphatic carbocycles. The van der Waals surface area contributed by atoms with Crippen molar-refractivity contribution in [3.05, 3.63) is 65.7 Å². The zero-order valence-corrected chi connectivity index (χ0v) is 18.8. The van der Waals surface area contributed by atoms with Gasteiger partial charge in [-0.25, -0.2) is 0 Å². The summed E-state index contributed by atoms with van der Waals surface area (Å²) in [5.41, 5.74) is 2.31. The summed E-state index contributed by atoms with van der Waals surface area (Å²) in [7, 11) is 1.73. The Morgan fingerprint density at radius 1 is 1.06 bits per heavy atom. The number of aliphatic hydroxyl groups is 1. The number of hydrogen-bond donors (Lipinski definition) is 3. The molecule has 3 rings (SSSR count). The van der Waals surface area contributed by atoms with Gasteiger partial charge < -0.3 is 20.5 Å². The Kier molecular flexibility index (Phi) is 9.18. The van der Waals surface area contributed by atoms with Crippen LogP contribution in [0.2, 0.25) is 0 Å². The Morgan fingerprint density at radius 2 is 1.77 bits per heavy atom. The molecule has 2 unspecified atom stereocenters. The Labute approximate surface area is 186 Å². The smallest absolute Gasteiger partial charge is 0.191 e. The van der Waals surface area contributed by atoms with Crippen molar-refractivity contribution in [1.29, 1.82) is 0 Å². The number of benzene rings is 2. The normalized spacial score (nSPS) is 16.7. The number of nitrogens with zero attached hydrogens (tertiary/aromatic N) is 2. The molecule has 6 nitrogen and oxygen atoms in total. The van der Waals surface area contributed by atoms with Gasteiger partial charge in [0, 0.05) is 24.6 Å². The highest BCUT2D eigenvalue weighted by molar-refractivity contribution is 5.79. The fraction of sp³-hybridized carbons (Fsp3) is 0.480. The molecule has 3 N–H and O–H groups in total. The molecular weight excluding hydrogens is 388 g/mol. The summed E-state index contributed by atoms with van der Waals surface area (Å²) in [5, 5.41) is 16.7. The van der Waals surface area contributed by atoms with Crippen LogP contribution in [0.3, 0.4) is 0 Å². The highest BCUT2D eigenvalue weighted by Gasteiger charge is 2.26. The maximum Gasteiger partial charge on any atom is 0.191 e. The van der Waals surface area contributed by atoms with Crippen molar-refractivity contribution in [2.45, 2.75) is 31.7 Å². The third-order valence-electron chi connectivity index (χ3n) is 5.85. The maximum absolute atomic E-state index is 9.86. The van der Waals surface area contributed by atoms with Crippen molar-refractivity contribution in [3.8, 4) is 5.75 Å². The van der Waals surface area contributed by atoms with Crippen LogP contribution in [0.5, 0.6) is 5.75 Å². The van der Waals surface area contributed by atoms with Crippen LogP contribution in [0.25, 0.3) is 0 Å². The van der Waals surface area contributed by atoms with E-state index in [-0.39, 0.29) is 18.6 Å². The topological polar surface area (TPSA) is 69.1 Å². The lowest BCUT2D eigenvalue weighted by Crippen LogP contribution is -2.43. The molecule has 0 saturated carbocycles. The van der Waals surface area contributed by atoms with Gasteiger partial charge in [-0.2, -0.15) is 0 Å². The number of methoxy groups -OCH3 is 1. The Hall–Kier alpha value is -2.57. The first-order valence-electron chi connectivity index (χ1n) is 11.3. The second kappa shape index (κ2) is 12.3. The van der Waals surface area contributed by atoms with Gasteiger partial charge in [0.05, 0.1) is 26.3 Å². The number of aliphatic hydroxyl groups excluding tert-OH is 1. The lowest BCUT2D eigenvalue weighted by Gasteiger charge is -2.30. The first kappa shape index (κ1) is 23.1. The van der Waals surface area contributed by atoms with Crippen molar-refractivity contribution in [2.24, 2.45) is 4.99 Å². The number of likely N-dealkylation sites (tertiary alicyclic amines) is 1. The fourth-order valence-corrected chi connectivity index (χ4v) is 4.16. The Bertz CT molecular complexity index is 806. The van der Waals surface area contributed by atoms with Crippen molar-refractivity contribution in [2.75, 3.05) is 46.4 Å². The molecule has 0 spiro atoms. The van der Waals surface area contributed by atoms with E-state index < -0.39 is 0 Å². The quantitative estimate of drug-likeness (QED) is 0.404. The second-order valence-corrected chi connectivity index (χ2v) is 7.89. The molecule has 1 aliphatic rings. The van der Waals surface area contributed by atoms with Gasteiger partial charge in [0.1, 0.15) is 5.75 Å². The van der Waals surface area contributed by atoms with Gasteiger partial charge in [-0.15, -0.1) is 0 Å². The number of nitrogens with one attached hydrogen (secondary N) is 2. The minimum Gasteiger partial charge on any atom is -0.496 e. The van der Waals surface area contributed by atoms with Crippen LogP contribution in [-0.2, 0) is 0 Å². The Balaban J connectivity index is 1.73. The molecule has 2 aromatic rings. The average Bonchev–Trinajstić information content (AvgIpc) is 3.35. The summed E-state index contributed by atoms with van der Waals surface area (Å²) >= 11 is 0. The standard InChI is InChI=1S/C25H36N4O2/c1-3-26-25(27-17-21(19-30)20-11-5-4-6-12-20)28-18-23(29-15-9-10-16-29)22-13-7-8-14-24(22)31-2/h4-8,11-14,21,23,30H,3,9-10,15-19H2,1-2H3,(H2,26,27,28). The molecule has 0 amide bonds.